The Balaban J connectivity index is 0. The summed E-state index contributed by atoms with van der Waals surface area (Å²) in [7, 11) is 1.50. The fourth-order valence-corrected chi connectivity index (χ4v) is 1.00. The first-order valence-corrected chi connectivity index (χ1v) is 4.89. The second-order valence-electron chi connectivity index (χ2n) is 3.09. The van der Waals surface area contributed by atoms with Gasteiger partial charge in [-0.05, 0) is 46.7 Å². The Hall–Kier alpha value is -1.02. The molecular formula is C12H24N2. The van der Waals surface area contributed by atoms with Gasteiger partial charge in [0.2, 0.25) is 0 Å². The quantitative estimate of drug-likeness (QED) is 0.585. The molecule has 2 nitrogen and oxygen atoms in total. The van der Waals surface area contributed by atoms with Crippen LogP contribution in [0.15, 0.2) is 35.6 Å². The molecule has 0 aromatic heterocycles. The van der Waals surface area contributed by atoms with E-state index in [-0.39, 0.29) is 0 Å². The lowest BCUT2D eigenvalue weighted by Gasteiger charge is -2.11. The van der Waals surface area contributed by atoms with Gasteiger partial charge < -0.3 is 11.5 Å². The van der Waals surface area contributed by atoms with Crippen LogP contribution in [0.4, 0.5) is 0 Å². The molecule has 14 heavy (non-hydrogen) atoms. The van der Waals surface area contributed by atoms with Gasteiger partial charge in [-0.15, -0.1) is 6.58 Å². The lowest BCUT2D eigenvalue weighted by atomic mass is 9.98. The second-order valence-corrected chi connectivity index (χ2v) is 3.09. The van der Waals surface area contributed by atoms with E-state index < -0.39 is 0 Å². The van der Waals surface area contributed by atoms with Gasteiger partial charge in [-0.1, -0.05) is 17.2 Å². The van der Waals surface area contributed by atoms with E-state index in [4.69, 9.17) is 5.73 Å². The third kappa shape index (κ3) is 7.62. The topological polar surface area (TPSA) is 52.0 Å². The minimum absolute atomic E-state index is 1.03. The fourth-order valence-electron chi connectivity index (χ4n) is 1.00. The number of rotatable bonds is 0. The number of hydrogen-bond acceptors (Lipinski definition) is 2. The van der Waals surface area contributed by atoms with Crippen molar-refractivity contribution in [3.8, 4) is 0 Å². The fraction of sp³-hybridized carbons (Fsp3) is 0.500. The molecule has 0 saturated heterocycles. The molecular weight excluding hydrogens is 172 g/mol. The molecule has 0 heterocycles. The van der Waals surface area contributed by atoms with Crippen molar-refractivity contribution in [2.45, 2.75) is 33.6 Å². The molecule has 0 amide bonds. The van der Waals surface area contributed by atoms with Gasteiger partial charge in [0.15, 0.2) is 0 Å². The summed E-state index contributed by atoms with van der Waals surface area (Å²) < 4.78 is 0. The van der Waals surface area contributed by atoms with Gasteiger partial charge in [0.25, 0.3) is 0 Å². The van der Waals surface area contributed by atoms with Crippen LogP contribution in [0.25, 0.3) is 0 Å². The van der Waals surface area contributed by atoms with Crippen molar-refractivity contribution >= 4 is 0 Å². The molecule has 1 rings (SSSR count). The molecule has 0 fully saturated rings. The molecule has 82 valence electrons. The molecule has 0 unspecified atom stereocenters. The van der Waals surface area contributed by atoms with E-state index in [0.29, 0.717) is 0 Å². The summed E-state index contributed by atoms with van der Waals surface area (Å²) in [5.74, 6) is 0. The van der Waals surface area contributed by atoms with E-state index in [0.717, 1.165) is 18.5 Å². The van der Waals surface area contributed by atoms with Crippen LogP contribution in [-0.4, -0.2) is 7.05 Å². The van der Waals surface area contributed by atoms with Crippen molar-refractivity contribution in [3.05, 3.63) is 35.6 Å². The number of nitrogens with two attached hydrogens (primary N) is 2. The van der Waals surface area contributed by atoms with Gasteiger partial charge >= 0.3 is 0 Å². The van der Waals surface area contributed by atoms with E-state index in [2.05, 4.69) is 32.2 Å². The maximum Gasteiger partial charge on any atom is 0.00863 e. The Labute approximate surface area is 88.4 Å². The summed E-state index contributed by atoms with van der Waals surface area (Å²) in [5.41, 5.74) is 14.0. The van der Waals surface area contributed by atoms with E-state index in [9.17, 15) is 0 Å². The minimum Gasteiger partial charge on any atom is -0.402 e. The van der Waals surface area contributed by atoms with E-state index in [1.807, 2.05) is 6.92 Å². The Morgan fingerprint density at radius 1 is 1.29 bits per heavy atom. The van der Waals surface area contributed by atoms with Crippen LogP contribution in [0.2, 0.25) is 0 Å². The van der Waals surface area contributed by atoms with Gasteiger partial charge in [0, 0.05) is 5.70 Å². The summed E-state index contributed by atoms with van der Waals surface area (Å²) >= 11 is 0. The van der Waals surface area contributed by atoms with Crippen LogP contribution in [0, 0.1) is 0 Å². The SMILES string of the molecule is C=CC.CC1=C(C)CCC(N)=C1.CN. The lowest BCUT2D eigenvalue weighted by Crippen LogP contribution is -2.02. The summed E-state index contributed by atoms with van der Waals surface area (Å²) in [6, 6.07) is 0. The summed E-state index contributed by atoms with van der Waals surface area (Å²) in [5, 5.41) is 0. The molecule has 1 aliphatic rings. The van der Waals surface area contributed by atoms with Crippen LogP contribution in [0.5, 0.6) is 0 Å². The van der Waals surface area contributed by atoms with Gasteiger partial charge in [-0.25, -0.2) is 0 Å². The zero-order chi connectivity index (χ0) is 11.6. The standard InChI is InChI=1S/C8H13N.C3H6.CH5N/c1-6-3-4-8(9)5-7(6)2;1-3-2;1-2/h5H,3-4,9H2,1-2H3;3H,1H2,2H3;2H2,1H3. The average Bonchev–Trinajstić information content (AvgIpc) is 2.17. The summed E-state index contributed by atoms with van der Waals surface area (Å²) in [4.78, 5) is 0. The van der Waals surface area contributed by atoms with Gasteiger partial charge in [-0.2, -0.15) is 0 Å². The van der Waals surface area contributed by atoms with E-state index in [1.54, 1.807) is 6.08 Å². The van der Waals surface area contributed by atoms with Gasteiger partial charge in [0.1, 0.15) is 0 Å². The molecule has 0 radical (unpaired) electrons. The highest BCUT2D eigenvalue weighted by atomic mass is 14.6. The number of hydrogen-bond donors (Lipinski definition) is 2. The molecule has 0 atom stereocenters. The molecule has 0 aromatic carbocycles. The molecule has 1 aliphatic carbocycles. The lowest BCUT2D eigenvalue weighted by molar-refractivity contribution is 0.875. The predicted octanol–water partition coefficient (Wildman–Crippen LogP) is 2.73. The van der Waals surface area contributed by atoms with Crippen molar-refractivity contribution in [1.29, 1.82) is 0 Å². The minimum atomic E-state index is 1.03. The Morgan fingerprint density at radius 2 is 1.71 bits per heavy atom. The zero-order valence-electron chi connectivity index (χ0n) is 9.93. The predicted molar refractivity (Wildman–Crippen MR) is 65.9 cm³/mol. The number of allylic oxidation sites excluding steroid dienone is 5. The Morgan fingerprint density at radius 3 is 2.00 bits per heavy atom. The first-order valence-electron chi connectivity index (χ1n) is 4.89. The molecule has 0 saturated carbocycles. The highest BCUT2D eigenvalue weighted by Gasteiger charge is 2.02. The van der Waals surface area contributed by atoms with Gasteiger partial charge in [0.05, 0.1) is 0 Å². The second kappa shape index (κ2) is 10.1. The van der Waals surface area contributed by atoms with Crippen LogP contribution < -0.4 is 11.5 Å². The third-order valence-electron chi connectivity index (χ3n) is 1.86. The first-order chi connectivity index (χ1) is 6.61. The average molecular weight is 196 g/mol. The third-order valence-corrected chi connectivity index (χ3v) is 1.86. The summed E-state index contributed by atoms with van der Waals surface area (Å²) in [6.45, 7) is 9.53. The van der Waals surface area contributed by atoms with Crippen LogP contribution in [-0.2, 0) is 0 Å². The van der Waals surface area contributed by atoms with Crippen LogP contribution in [0.1, 0.15) is 33.6 Å². The van der Waals surface area contributed by atoms with Crippen LogP contribution >= 0.6 is 0 Å². The highest BCUT2D eigenvalue weighted by molar-refractivity contribution is 5.29. The molecule has 0 aliphatic heterocycles. The highest BCUT2D eigenvalue weighted by Crippen LogP contribution is 2.19. The Bertz CT molecular complexity index is 212. The molecule has 0 aromatic rings. The normalized spacial score (nSPS) is 14.2. The van der Waals surface area contributed by atoms with Crippen molar-refractivity contribution < 1.29 is 0 Å². The molecule has 2 heteroatoms. The van der Waals surface area contributed by atoms with Crippen LogP contribution in [0.3, 0.4) is 0 Å². The first kappa shape index (κ1) is 15.5. The molecule has 0 spiro atoms. The smallest absolute Gasteiger partial charge is 0.00863 e. The molecule has 0 bridgehead atoms. The van der Waals surface area contributed by atoms with Gasteiger partial charge in [-0.3, -0.25) is 0 Å². The van der Waals surface area contributed by atoms with Crippen molar-refractivity contribution in [3.63, 3.8) is 0 Å². The zero-order valence-corrected chi connectivity index (χ0v) is 9.93. The molecule has 4 N–H and O–H groups in total. The summed E-state index contributed by atoms with van der Waals surface area (Å²) in [6.07, 6.45) is 6.01. The van der Waals surface area contributed by atoms with E-state index in [1.165, 1.54) is 18.2 Å². The Kier molecular flexibility index (Phi) is 11.1. The van der Waals surface area contributed by atoms with Crippen molar-refractivity contribution in [2.24, 2.45) is 11.5 Å². The van der Waals surface area contributed by atoms with Crippen molar-refractivity contribution in [2.75, 3.05) is 7.05 Å². The largest absolute Gasteiger partial charge is 0.402 e. The van der Waals surface area contributed by atoms with E-state index >= 15 is 0 Å². The maximum absolute atomic E-state index is 5.61. The maximum atomic E-state index is 5.61. The monoisotopic (exact) mass is 196 g/mol. The van der Waals surface area contributed by atoms with Crippen molar-refractivity contribution in [1.82, 2.24) is 0 Å².